The van der Waals surface area contributed by atoms with E-state index in [-0.39, 0.29) is 6.79 Å². The Kier molecular flexibility index (Phi) is 3.09. The number of benzene rings is 1. The first-order valence-corrected chi connectivity index (χ1v) is 6.11. The first-order chi connectivity index (χ1) is 9.76. The lowest BCUT2D eigenvalue weighted by Gasteiger charge is -2.09. The van der Waals surface area contributed by atoms with E-state index in [2.05, 4.69) is 15.3 Å². The van der Waals surface area contributed by atoms with E-state index in [1.807, 2.05) is 25.1 Å². The second-order valence-corrected chi connectivity index (χ2v) is 4.39. The zero-order valence-corrected chi connectivity index (χ0v) is 10.9. The number of nitrogens with one attached hydrogen (secondary N) is 1. The second-order valence-electron chi connectivity index (χ2n) is 4.39. The molecule has 6 heteroatoms. The Morgan fingerprint density at radius 3 is 2.85 bits per heavy atom. The van der Waals surface area contributed by atoms with Crippen LogP contribution in [0.4, 0.5) is 5.82 Å². The van der Waals surface area contributed by atoms with Gasteiger partial charge in [0.15, 0.2) is 11.5 Å². The number of hydrogen-bond acceptors (Lipinski definition) is 6. The van der Waals surface area contributed by atoms with Gasteiger partial charge in [-0.3, -0.25) is 0 Å². The topological polar surface area (TPSA) is 80.1 Å². The molecule has 0 unspecified atom stereocenters. The average Bonchev–Trinajstić information content (AvgIpc) is 2.92. The van der Waals surface area contributed by atoms with E-state index in [9.17, 15) is 0 Å². The predicted molar refractivity (Wildman–Crippen MR) is 71.4 cm³/mol. The number of nitriles is 1. The van der Waals surface area contributed by atoms with Crippen LogP contribution in [0.2, 0.25) is 0 Å². The molecule has 1 aromatic heterocycles. The Morgan fingerprint density at radius 1 is 1.25 bits per heavy atom. The van der Waals surface area contributed by atoms with Crippen LogP contribution in [0.25, 0.3) is 0 Å². The molecule has 0 fully saturated rings. The Hall–Kier alpha value is -2.81. The Bertz CT molecular complexity index is 694. The van der Waals surface area contributed by atoms with E-state index in [0.29, 0.717) is 18.1 Å². The van der Waals surface area contributed by atoms with Crippen molar-refractivity contribution in [1.82, 2.24) is 9.97 Å². The number of hydrogen-bond donors (Lipinski definition) is 1. The minimum absolute atomic E-state index is 0.267. The predicted octanol–water partition coefficient (Wildman–Crippen LogP) is 2.00. The largest absolute Gasteiger partial charge is 0.454 e. The molecule has 6 nitrogen and oxygen atoms in total. The standard InChI is InChI=1S/C14H12N4O2/c1-9-2-12-13(20-8-19-12)3-10(9)6-16-14-4-11(5-15)17-7-18-14/h2-4,7H,6,8H2,1H3,(H,16,17,18). The molecule has 20 heavy (non-hydrogen) atoms. The molecule has 1 aliphatic rings. The van der Waals surface area contributed by atoms with Crippen LogP contribution in [0, 0.1) is 18.3 Å². The van der Waals surface area contributed by atoms with E-state index < -0.39 is 0 Å². The van der Waals surface area contributed by atoms with Gasteiger partial charge in [-0.1, -0.05) is 0 Å². The van der Waals surface area contributed by atoms with E-state index >= 15 is 0 Å². The summed E-state index contributed by atoms with van der Waals surface area (Å²) >= 11 is 0. The van der Waals surface area contributed by atoms with Gasteiger partial charge in [-0.05, 0) is 30.2 Å². The van der Waals surface area contributed by atoms with Crippen LogP contribution < -0.4 is 14.8 Å². The van der Waals surface area contributed by atoms with Crippen LogP contribution in [0.3, 0.4) is 0 Å². The number of aryl methyl sites for hydroxylation is 1. The third kappa shape index (κ3) is 2.34. The van der Waals surface area contributed by atoms with Crippen LogP contribution in [-0.4, -0.2) is 16.8 Å². The summed E-state index contributed by atoms with van der Waals surface area (Å²) in [6.07, 6.45) is 1.37. The molecule has 2 heterocycles. The molecular formula is C14H12N4O2. The van der Waals surface area contributed by atoms with Crippen LogP contribution >= 0.6 is 0 Å². The minimum atomic E-state index is 0.267. The van der Waals surface area contributed by atoms with Crippen molar-refractivity contribution in [1.29, 1.82) is 5.26 Å². The SMILES string of the molecule is Cc1cc2c(cc1CNc1cc(C#N)ncn1)OCO2. The van der Waals surface area contributed by atoms with Crippen molar-refractivity contribution < 1.29 is 9.47 Å². The summed E-state index contributed by atoms with van der Waals surface area (Å²) in [6.45, 7) is 2.87. The molecule has 0 atom stereocenters. The summed E-state index contributed by atoms with van der Waals surface area (Å²) < 4.78 is 10.7. The summed E-state index contributed by atoms with van der Waals surface area (Å²) in [5.41, 5.74) is 2.53. The molecule has 0 saturated carbocycles. The lowest BCUT2D eigenvalue weighted by molar-refractivity contribution is 0.174. The normalized spacial score (nSPS) is 12.0. The zero-order chi connectivity index (χ0) is 13.9. The van der Waals surface area contributed by atoms with Crippen molar-refractivity contribution >= 4 is 5.82 Å². The summed E-state index contributed by atoms with van der Waals surface area (Å²) in [4.78, 5) is 7.90. The van der Waals surface area contributed by atoms with Gasteiger partial charge in [0.25, 0.3) is 0 Å². The first kappa shape index (κ1) is 12.2. The van der Waals surface area contributed by atoms with Crippen LogP contribution in [0.1, 0.15) is 16.8 Å². The van der Waals surface area contributed by atoms with Crippen LogP contribution in [0.5, 0.6) is 11.5 Å². The van der Waals surface area contributed by atoms with Crippen molar-refractivity contribution in [2.24, 2.45) is 0 Å². The van der Waals surface area contributed by atoms with Gasteiger partial charge < -0.3 is 14.8 Å². The number of ether oxygens (including phenoxy) is 2. The highest BCUT2D eigenvalue weighted by molar-refractivity contribution is 5.49. The molecule has 0 radical (unpaired) electrons. The fourth-order valence-electron chi connectivity index (χ4n) is 1.98. The van der Waals surface area contributed by atoms with Crippen LogP contribution in [0.15, 0.2) is 24.5 Å². The van der Waals surface area contributed by atoms with Crippen molar-refractivity contribution in [3.63, 3.8) is 0 Å². The molecule has 1 aromatic carbocycles. The maximum atomic E-state index is 8.80. The van der Waals surface area contributed by atoms with E-state index in [1.165, 1.54) is 6.33 Å². The smallest absolute Gasteiger partial charge is 0.231 e. The van der Waals surface area contributed by atoms with Gasteiger partial charge in [-0.25, -0.2) is 9.97 Å². The van der Waals surface area contributed by atoms with Gasteiger partial charge in [0.1, 0.15) is 23.9 Å². The summed E-state index contributed by atoms with van der Waals surface area (Å²) in [6, 6.07) is 7.51. The highest BCUT2D eigenvalue weighted by Gasteiger charge is 2.15. The summed E-state index contributed by atoms with van der Waals surface area (Å²) in [5.74, 6) is 2.15. The van der Waals surface area contributed by atoms with Gasteiger partial charge >= 0.3 is 0 Å². The molecule has 0 aliphatic carbocycles. The Morgan fingerprint density at radius 2 is 2.05 bits per heavy atom. The maximum absolute atomic E-state index is 8.80. The number of rotatable bonds is 3. The van der Waals surface area contributed by atoms with Crippen LogP contribution in [-0.2, 0) is 6.54 Å². The molecule has 3 rings (SSSR count). The summed E-state index contributed by atoms with van der Waals surface area (Å²) in [7, 11) is 0. The van der Waals surface area contributed by atoms with E-state index in [0.717, 1.165) is 22.6 Å². The van der Waals surface area contributed by atoms with E-state index in [1.54, 1.807) is 6.07 Å². The van der Waals surface area contributed by atoms with Crippen molar-refractivity contribution in [3.05, 3.63) is 41.3 Å². The lowest BCUT2D eigenvalue weighted by Crippen LogP contribution is -2.03. The third-order valence-electron chi connectivity index (χ3n) is 3.07. The molecule has 1 aliphatic heterocycles. The van der Waals surface area contributed by atoms with Gasteiger partial charge in [-0.15, -0.1) is 0 Å². The fourth-order valence-corrected chi connectivity index (χ4v) is 1.98. The fraction of sp³-hybridized carbons (Fsp3) is 0.214. The quantitative estimate of drug-likeness (QED) is 0.917. The average molecular weight is 268 g/mol. The molecular weight excluding hydrogens is 256 g/mol. The molecule has 100 valence electrons. The van der Waals surface area contributed by atoms with Gasteiger partial charge in [0.2, 0.25) is 6.79 Å². The highest BCUT2D eigenvalue weighted by Crippen LogP contribution is 2.34. The number of fused-ring (bicyclic) bond motifs is 1. The number of anilines is 1. The highest BCUT2D eigenvalue weighted by atomic mass is 16.7. The molecule has 0 spiro atoms. The Labute approximate surface area is 116 Å². The Balaban J connectivity index is 1.77. The molecule has 0 amide bonds. The zero-order valence-electron chi connectivity index (χ0n) is 10.9. The summed E-state index contributed by atoms with van der Waals surface area (Å²) in [5, 5.41) is 12.0. The molecule has 2 aromatic rings. The van der Waals surface area contributed by atoms with Crippen molar-refractivity contribution in [2.75, 3.05) is 12.1 Å². The number of nitrogens with zero attached hydrogens (tertiary/aromatic N) is 3. The third-order valence-corrected chi connectivity index (χ3v) is 3.07. The van der Waals surface area contributed by atoms with E-state index in [4.69, 9.17) is 14.7 Å². The molecule has 1 N–H and O–H groups in total. The van der Waals surface area contributed by atoms with Gasteiger partial charge in [0, 0.05) is 12.6 Å². The monoisotopic (exact) mass is 268 g/mol. The maximum Gasteiger partial charge on any atom is 0.231 e. The van der Waals surface area contributed by atoms with Gasteiger partial charge in [0.05, 0.1) is 0 Å². The first-order valence-electron chi connectivity index (χ1n) is 6.11. The van der Waals surface area contributed by atoms with Crippen molar-refractivity contribution in [2.45, 2.75) is 13.5 Å². The minimum Gasteiger partial charge on any atom is -0.454 e. The molecule has 0 saturated heterocycles. The number of aromatic nitrogens is 2. The van der Waals surface area contributed by atoms with Gasteiger partial charge in [-0.2, -0.15) is 5.26 Å². The van der Waals surface area contributed by atoms with Crippen molar-refractivity contribution in [3.8, 4) is 17.6 Å². The molecule has 0 bridgehead atoms. The second kappa shape index (κ2) is 5.05. The lowest BCUT2D eigenvalue weighted by atomic mass is 10.1.